The highest BCUT2D eigenvalue weighted by atomic mass is 32.1. The topological polar surface area (TPSA) is 41.5 Å². The molecule has 3 nitrogen and oxygen atoms in total. The molecule has 0 unspecified atom stereocenters. The van der Waals surface area contributed by atoms with Crippen LogP contribution < -0.4 is 5.32 Å². The van der Waals surface area contributed by atoms with Crippen molar-refractivity contribution in [2.45, 2.75) is 38.5 Å². The molecule has 4 heteroatoms. The second-order valence-corrected chi connectivity index (χ2v) is 9.33. The van der Waals surface area contributed by atoms with Crippen molar-refractivity contribution in [2.24, 2.45) is 4.99 Å². The molecule has 0 atom stereocenters. The van der Waals surface area contributed by atoms with E-state index < -0.39 is 0 Å². The van der Waals surface area contributed by atoms with Crippen LogP contribution >= 0.6 is 11.3 Å². The van der Waals surface area contributed by atoms with Gasteiger partial charge in [-0.2, -0.15) is 0 Å². The average molecular weight is 439 g/mol. The first-order valence-corrected chi connectivity index (χ1v) is 12.1. The van der Waals surface area contributed by atoms with Crippen LogP contribution in [-0.2, 0) is 12.8 Å². The van der Waals surface area contributed by atoms with E-state index >= 15 is 0 Å². The Balaban J connectivity index is 1.55. The van der Waals surface area contributed by atoms with Crippen molar-refractivity contribution in [3.63, 3.8) is 0 Å². The minimum Gasteiger partial charge on any atom is -0.322 e. The molecule has 1 N–H and O–H groups in total. The van der Waals surface area contributed by atoms with Crippen molar-refractivity contribution in [2.75, 3.05) is 5.32 Å². The highest BCUT2D eigenvalue weighted by molar-refractivity contribution is 7.16. The minimum atomic E-state index is -0.0562. The molecule has 1 heterocycles. The zero-order valence-electron chi connectivity index (χ0n) is 18.0. The zero-order chi connectivity index (χ0) is 21.8. The van der Waals surface area contributed by atoms with Gasteiger partial charge in [0, 0.05) is 22.3 Å². The molecular weight excluding hydrogens is 412 g/mol. The molecular formula is C28H26N2OS. The molecule has 0 spiro atoms. The van der Waals surface area contributed by atoms with E-state index in [0.29, 0.717) is 0 Å². The highest BCUT2D eigenvalue weighted by Gasteiger charge is 2.24. The predicted molar refractivity (Wildman–Crippen MR) is 136 cm³/mol. The smallest absolute Gasteiger partial charge is 0.259 e. The molecule has 32 heavy (non-hydrogen) atoms. The summed E-state index contributed by atoms with van der Waals surface area (Å²) in [6.07, 6.45) is 8.70. The number of aryl methyl sites for hydroxylation is 1. The Morgan fingerprint density at radius 1 is 0.844 bits per heavy atom. The number of carbonyl (C=O) groups is 1. The number of nitrogens with zero attached hydrogens (tertiary/aromatic N) is 1. The quantitative estimate of drug-likeness (QED) is 0.328. The average Bonchev–Trinajstić information content (AvgIpc) is 3.14. The number of fused-ring (bicyclic) bond motifs is 2. The molecule has 1 aromatic heterocycles. The summed E-state index contributed by atoms with van der Waals surface area (Å²) in [7, 11) is 0. The molecule has 0 aliphatic heterocycles. The maximum atomic E-state index is 13.4. The van der Waals surface area contributed by atoms with Crippen LogP contribution in [0.15, 0.2) is 77.8 Å². The Morgan fingerprint density at radius 2 is 1.59 bits per heavy atom. The lowest BCUT2D eigenvalue weighted by atomic mass is 9.96. The third-order valence-corrected chi connectivity index (χ3v) is 7.26. The molecule has 0 radical (unpaired) electrons. The number of thiophene rings is 1. The second-order valence-electron chi connectivity index (χ2n) is 8.24. The van der Waals surface area contributed by atoms with Gasteiger partial charge in [-0.25, -0.2) is 4.99 Å². The first kappa shape index (κ1) is 20.7. The molecule has 160 valence electrons. The Morgan fingerprint density at radius 3 is 2.47 bits per heavy atom. The van der Waals surface area contributed by atoms with Crippen molar-refractivity contribution in [3.05, 3.63) is 94.4 Å². The molecule has 0 saturated carbocycles. The fourth-order valence-electron chi connectivity index (χ4n) is 4.44. The van der Waals surface area contributed by atoms with Gasteiger partial charge in [0.15, 0.2) is 0 Å². The van der Waals surface area contributed by atoms with E-state index in [1.54, 1.807) is 11.3 Å². The van der Waals surface area contributed by atoms with Gasteiger partial charge in [-0.3, -0.25) is 4.79 Å². The van der Waals surface area contributed by atoms with Gasteiger partial charge in [0.05, 0.1) is 5.56 Å². The van der Waals surface area contributed by atoms with E-state index in [1.165, 1.54) is 40.5 Å². The van der Waals surface area contributed by atoms with Crippen molar-refractivity contribution in [3.8, 4) is 0 Å². The maximum Gasteiger partial charge on any atom is 0.259 e. The predicted octanol–water partition coefficient (Wildman–Crippen LogP) is 7.56. The van der Waals surface area contributed by atoms with Crippen LogP contribution in [0.1, 0.15) is 52.0 Å². The van der Waals surface area contributed by atoms with Crippen molar-refractivity contribution >= 4 is 44.9 Å². The number of hydrogen-bond donors (Lipinski definition) is 1. The lowest BCUT2D eigenvalue weighted by Gasteiger charge is -2.12. The number of nitrogens with one attached hydrogen (secondary N) is 1. The number of amides is 1. The standard InChI is InChI=1S/C28H26N2OS/c31-27(30-22-14-4-3-5-15-22)26-24-17-6-1-2-7-18-25(24)32-28(26)29-19-21-13-10-12-20-11-8-9-16-23(20)21/h3-5,8-16,19H,1-2,6-7,17-18H2,(H,30,31). The summed E-state index contributed by atoms with van der Waals surface area (Å²) in [6.45, 7) is 0. The van der Waals surface area contributed by atoms with Gasteiger partial charge in [0.25, 0.3) is 5.91 Å². The molecule has 0 bridgehead atoms. The summed E-state index contributed by atoms with van der Waals surface area (Å²) in [6, 6.07) is 24.3. The van der Waals surface area contributed by atoms with E-state index in [4.69, 9.17) is 4.99 Å². The van der Waals surface area contributed by atoms with Gasteiger partial charge >= 0.3 is 0 Å². The summed E-state index contributed by atoms with van der Waals surface area (Å²) in [5.74, 6) is -0.0562. The van der Waals surface area contributed by atoms with Gasteiger partial charge in [0.1, 0.15) is 5.00 Å². The van der Waals surface area contributed by atoms with Crippen LogP contribution in [0.25, 0.3) is 10.8 Å². The summed E-state index contributed by atoms with van der Waals surface area (Å²) < 4.78 is 0. The van der Waals surface area contributed by atoms with Gasteiger partial charge < -0.3 is 5.32 Å². The van der Waals surface area contributed by atoms with Crippen LogP contribution in [0, 0.1) is 0 Å². The molecule has 3 aromatic carbocycles. The molecule has 1 amide bonds. The van der Waals surface area contributed by atoms with E-state index in [0.717, 1.165) is 41.1 Å². The Hall–Kier alpha value is -3.24. The highest BCUT2D eigenvalue weighted by Crippen LogP contribution is 2.39. The van der Waals surface area contributed by atoms with Crippen LogP contribution in [0.3, 0.4) is 0 Å². The number of benzene rings is 3. The number of aliphatic imine (C=N–C) groups is 1. The number of carbonyl (C=O) groups excluding carboxylic acids is 1. The second kappa shape index (κ2) is 9.49. The fraction of sp³-hybridized carbons (Fsp3) is 0.214. The van der Waals surface area contributed by atoms with Gasteiger partial charge in [0.2, 0.25) is 0 Å². The van der Waals surface area contributed by atoms with E-state index in [9.17, 15) is 4.79 Å². The zero-order valence-corrected chi connectivity index (χ0v) is 18.8. The SMILES string of the molecule is O=C(Nc1ccccc1)c1c(N=Cc2cccc3ccccc23)sc2c1CCCCCC2. The summed E-state index contributed by atoms with van der Waals surface area (Å²) in [5.41, 5.74) is 3.84. The van der Waals surface area contributed by atoms with Gasteiger partial charge in [-0.1, -0.05) is 73.5 Å². The number of rotatable bonds is 4. The molecule has 5 rings (SSSR count). The normalized spacial score (nSPS) is 14.1. The van der Waals surface area contributed by atoms with Gasteiger partial charge in [-0.05, 0) is 54.2 Å². The van der Waals surface area contributed by atoms with Crippen LogP contribution in [0.5, 0.6) is 0 Å². The van der Waals surface area contributed by atoms with Crippen molar-refractivity contribution in [1.29, 1.82) is 0 Å². The van der Waals surface area contributed by atoms with Gasteiger partial charge in [-0.15, -0.1) is 11.3 Å². The third kappa shape index (κ3) is 4.37. The number of hydrogen-bond acceptors (Lipinski definition) is 3. The number of anilines is 1. The Kier molecular flexibility index (Phi) is 6.13. The summed E-state index contributed by atoms with van der Waals surface area (Å²) in [5, 5.41) is 6.27. The summed E-state index contributed by atoms with van der Waals surface area (Å²) >= 11 is 1.69. The van der Waals surface area contributed by atoms with Crippen LogP contribution in [0.2, 0.25) is 0 Å². The molecule has 1 aliphatic carbocycles. The monoisotopic (exact) mass is 438 g/mol. The molecule has 0 saturated heterocycles. The number of para-hydroxylation sites is 1. The largest absolute Gasteiger partial charge is 0.322 e. The first-order chi connectivity index (χ1) is 15.8. The maximum absolute atomic E-state index is 13.4. The molecule has 4 aromatic rings. The van der Waals surface area contributed by atoms with E-state index in [1.807, 2.05) is 36.5 Å². The van der Waals surface area contributed by atoms with Crippen LogP contribution in [-0.4, -0.2) is 12.1 Å². The van der Waals surface area contributed by atoms with E-state index in [2.05, 4.69) is 47.8 Å². The lowest BCUT2D eigenvalue weighted by Crippen LogP contribution is -2.14. The Labute approximate surface area is 192 Å². The molecule has 0 fully saturated rings. The van der Waals surface area contributed by atoms with E-state index in [-0.39, 0.29) is 5.91 Å². The first-order valence-electron chi connectivity index (χ1n) is 11.3. The van der Waals surface area contributed by atoms with Crippen molar-refractivity contribution < 1.29 is 4.79 Å². The fourth-order valence-corrected chi connectivity index (χ4v) is 5.67. The van der Waals surface area contributed by atoms with Crippen molar-refractivity contribution in [1.82, 2.24) is 0 Å². The van der Waals surface area contributed by atoms with Crippen LogP contribution in [0.4, 0.5) is 10.7 Å². The Bertz CT molecular complexity index is 1270. The molecule has 1 aliphatic rings. The minimum absolute atomic E-state index is 0.0562. The third-order valence-electron chi connectivity index (χ3n) is 6.06. The lowest BCUT2D eigenvalue weighted by molar-refractivity contribution is 0.102. The summed E-state index contributed by atoms with van der Waals surface area (Å²) in [4.78, 5) is 19.6.